The van der Waals surface area contributed by atoms with Gasteiger partial charge in [-0.25, -0.2) is 11.4 Å². The van der Waals surface area contributed by atoms with Crippen LogP contribution in [-0.2, 0) is 17.5 Å². The number of methoxy groups -OCH3 is 1. The van der Waals surface area contributed by atoms with Crippen molar-refractivity contribution in [2.45, 2.75) is 65.3 Å². The molecule has 172 valence electrons. The van der Waals surface area contributed by atoms with Gasteiger partial charge in [0.15, 0.2) is 14.2 Å². The summed E-state index contributed by atoms with van der Waals surface area (Å²) in [6.45, 7) is 15.4. The fraction of sp³-hybridized carbons (Fsp3) is 0.545. The SMILES string of the molecule is COc1ccc(CN/C(=N\NN)c2cc(C)nn2CCCO[Si](C)(C)C(C)(C)C)cc1. The predicted molar refractivity (Wildman–Crippen MR) is 128 cm³/mol. The fourth-order valence-corrected chi connectivity index (χ4v) is 3.93. The van der Waals surface area contributed by atoms with E-state index in [0.717, 1.165) is 42.3 Å². The van der Waals surface area contributed by atoms with E-state index in [1.165, 1.54) is 0 Å². The monoisotopic (exact) mass is 446 g/mol. The van der Waals surface area contributed by atoms with E-state index in [1.54, 1.807) is 7.11 Å². The zero-order valence-electron chi connectivity index (χ0n) is 20.0. The third-order valence-electron chi connectivity index (χ3n) is 5.72. The maximum atomic E-state index is 6.30. The van der Waals surface area contributed by atoms with Gasteiger partial charge in [0.2, 0.25) is 0 Å². The van der Waals surface area contributed by atoms with Gasteiger partial charge in [-0.15, -0.1) is 5.10 Å². The number of amidine groups is 1. The van der Waals surface area contributed by atoms with Gasteiger partial charge in [-0.3, -0.25) is 4.68 Å². The zero-order valence-corrected chi connectivity index (χ0v) is 21.0. The van der Waals surface area contributed by atoms with Gasteiger partial charge in [0.05, 0.1) is 12.8 Å². The van der Waals surface area contributed by atoms with Crippen LogP contribution in [0, 0.1) is 6.92 Å². The number of hydrogen-bond acceptors (Lipinski definition) is 6. The number of ether oxygens (including phenoxy) is 1. The van der Waals surface area contributed by atoms with Gasteiger partial charge in [-0.2, -0.15) is 5.10 Å². The van der Waals surface area contributed by atoms with Crippen molar-refractivity contribution in [3.63, 3.8) is 0 Å². The smallest absolute Gasteiger partial charge is 0.191 e. The first-order chi connectivity index (χ1) is 14.6. The van der Waals surface area contributed by atoms with Gasteiger partial charge in [0, 0.05) is 19.7 Å². The molecule has 1 aromatic carbocycles. The van der Waals surface area contributed by atoms with Crippen LogP contribution >= 0.6 is 0 Å². The molecule has 0 aliphatic heterocycles. The lowest BCUT2D eigenvalue weighted by Gasteiger charge is -2.36. The van der Waals surface area contributed by atoms with E-state index in [0.29, 0.717) is 12.4 Å². The highest BCUT2D eigenvalue weighted by molar-refractivity contribution is 6.74. The van der Waals surface area contributed by atoms with Crippen LogP contribution in [0.1, 0.15) is 44.1 Å². The average Bonchev–Trinajstić information content (AvgIpc) is 3.08. The maximum absolute atomic E-state index is 6.30. The first-order valence-electron chi connectivity index (χ1n) is 10.7. The summed E-state index contributed by atoms with van der Waals surface area (Å²) >= 11 is 0. The number of hydrogen-bond donors (Lipinski definition) is 3. The molecule has 2 aromatic rings. The Hall–Kier alpha value is -2.36. The largest absolute Gasteiger partial charge is 0.497 e. The van der Waals surface area contributed by atoms with Gasteiger partial charge in [0.1, 0.15) is 11.4 Å². The van der Waals surface area contributed by atoms with E-state index < -0.39 is 8.32 Å². The summed E-state index contributed by atoms with van der Waals surface area (Å²) in [7, 11) is -0.0858. The summed E-state index contributed by atoms with van der Waals surface area (Å²) in [5, 5.41) is 12.4. The molecule has 0 unspecified atom stereocenters. The maximum Gasteiger partial charge on any atom is 0.191 e. The van der Waals surface area contributed by atoms with Gasteiger partial charge in [-0.05, 0) is 55.2 Å². The highest BCUT2D eigenvalue weighted by Crippen LogP contribution is 2.36. The lowest BCUT2D eigenvalue weighted by atomic mass is 10.2. The minimum atomic E-state index is -1.74. The highest BCUT2D eigenvalue weighted by atomic mass is 28.4. The van der Waals surface area contributed by atoms with Gasteiger partial charge in [0.25, 0.3) is 0 Å². The normalized spacial score (nSPS) is 12.7. The molecule has 0 fully saturated rings. The number of nitrogens with one attached hydrogen (secondary N) is 2. The first kappa shape index (κ1) is 24.9. The van der Waals surface area contributed by atoms with Crippen molar-refractivity contribution < 1.29 is 9.16 Å². The summed E-state index contributed by atoms with van der Waals surface area (Å²) in [6, 6.07) is 9.91. The highest BCUT2D eigenvalue weighted by Gasteiger charge is 2.36. The topological polar surface area (TPSA) is 98.7 Å². The molecule has 9 heteroatoms. The van der Waals surface area contributed by atoms with Crippen LogP contribution in [0.2, 0.25) is 18.1 Å². The van der Waals surface area contributed by atoms with E-state index in [1.807, 2.05) is 41.9 Å². The zero-order chi connectivity index (χ0) is 23.1. The molecule has 0 saturated carbocycles. The molecule has 0 bridgehead atoms. The molecule has 0 aliphatic carbocycles. The van der Waals surface area contributed by atoms with Crippen molar-refractivity contribution in [1.29, 1.82) is 0 Å². The molecule has 1 heterocycles. The van der Waals surface area contributed by atoms with E-state index in [2.05, 4.69) is 54.9 Å². The molecule has 4 N–H and O–H groups in total. The van der Waals surface area contributed by atoms with Crippen LogP contribution in [0.15, 0.2) is 35.4 Å². The van der Waals surface area contributed by atoms with Crippen molar-refractivity contribution in [2.75, 3.05) is 13.7 Å². The van der Waals surface area contributed by atoms with E-state index in [4.69, 9.17) is 15.0 Å². The van der Waals surface area contributed by atoms with E-state index in [-0.39, 0.29) is 5.04 Å². The minimum absolute atomic E-state index is 0.207. The Labute approximate surface area is 187 Å². The summed E-state index contributed by atoms with van der Waals surface area (Å²) in [4.78, 5) is 0. The molecule has 1 aromatic heterocycles. The second-order valence-corrected chi connectivity index (χ2v) is 14.0. The molecule has 0 amide bonds. The van der Waals surface area contributed by atoms with Gasteiger partial charge in [-0.1, -0.05) is 32.9 Å². The van der Waals surface area contributed by atoms with Crippen molar-refractivity contribution in [3.8, 4) is 5.75 Å². The van der Waals surface area contributed by atoms with Gasteiger partial charge < -0.3 is 14.5 Å². The third kappa shape index (κ3) is 7.08. The molecule has 0 atom stereocenters. The first-order valence-corrected chi connectivity index (χ1v) is 13.6. The van der Waals surface area contributed by atoms with E-state index >= 15 is 0 Å². The molecule has 31 heavy (non-hydrogen) atoms. The van der Waals surface area contributed by atoms with Crippen LogP contribution in [0.4, 0.5) is 0 Å². The van der Waals surface area contributed by atoms with Crippen molar-refractivity contribution in [3.05, 3.63) is 47.3 Å². The quantitative estimate of drug-likeness (QED) is 0.129. The number of hydrazine groups is 1. The number of nitrogens with zero attached hydrogens (tertiary/aromatic N) is 3. The number of aryl methyl sites for hydroxylation is 2. The number of hydrazone groups is 1. The van der Waals surface area contributed by atoms with Crippen molar-refractivity contribution in [2.24, 2.45) is 10.9 Å². The van der Waals surface area contributed by atoms with Crippen LogP contribution in [0.5, 0.6) is 5.75 Å². The van der Waals surface area contributed by atoms with Crippen LogP contribution < -0.4 is 21.4 Å². The predicted octanol–water partition coefficient (Wildman–Crippen LogP) is 3.53. The molecule has 0 radical (unpaired) electrons. The number of benzene rings is 1. The second-order valence-electron chi connectivity index (χ2n) is 9.15. The van der Waals surface area contributed by atoms with Crippen LogP contribution in [-0.4, -0.2) is 37.7 Å². The lowest BCUT2D eigenvalue weighted by Crippen LogP contribution is -2.41. The summed E-state index contributed by atoms with van der Waals surface area (Å²) < 4.78 is 13.5. The van der Waals surface area contributed by atoms with Crippen LogP contribution in [0.3, 0.4) is 0 Å². The Balaban J connectivity index is 2.03. The molecule has 0 spiro atoms. The second kappa shape index (κ2) is 10.8. The molecule has 2 rings (SSSR count). The third-order valence-corrected chi connectivity index (χ3v) is 10.3. The van der Waals surface area contributed by atoms with Crippen LogP contribution in [0.25, 0.3) is 0 Å². The fourth-order valence-electron chi connectivity index (χ4n) is 2.85. The lowest BCUT2D eigenvalue weighted by molar-refractivity contribution is 0.272. The molecule has 8 nitrogen and oxygen atoms in total. The Morgan fingerprint density at radius 2 is 1.90 bits per heavy atom. The Morgan fingerprint density at radius 1 is 1.23 bits per heavy atom. The van der Waals surface area contributed by atoms with Crippen molar-refractivity contribution in [1.82, 2.24) is 20.6 Å². The standard InChI is InChI=1S/C22H38N6O2Si/c1-17-15-20(28(26-17)13-8-14-30-31(6,7)22(2,3)4)21(25-27-23)24-16-18-9-11-19(29-5)12-10-18/h9-12,15,27H,8,13-14,16,23H2,1-7H3,(H,24,25). The molecular formula is C22H38N6O2Si. The number of nitrogens with two attached hydrogens (primary N) is 1. The molecular weight excluding hydrogens is 408 g/mol. The van der Waals surface area contributed by atoms with Crippen molar-refractivity contribution >= 4 is 14.2 Å². The minimum Gasteiger partial charge on any atom is -0.497 e. The Bertz CT molecular complexity index is 856. The average molecular weight is 447 g/mol. The molecule has 0 saturated heterocycles. The Morgan fingerprint density at radius 3 is 2.48 bits per heavy atom. The number of rotatable bonds is 10. The van der Waals surface area contributed by atoms with Gasteiger partial charge >= 0.3 is 0 Å². The summed E-state index contributed by atoms with van der Waals surface area (Å²) in [6.07, 6.45) is 0.877. The van der Waals surface area contributed by atoms with E-state index in [9.17, 15) is 0 Å². The number of aromatic nitrogens is 2. The summed E-state index contributed by atoms with van der Waals surface area (Å²) in [5.74, 6) is 6.97. The molecule has 0 aliphatic rings. The summed E-state index contributed by atoms with van der Waals surface area (Å²) in [5.41, 5.74) is 5.33. The Kier molecular flexibility index (Phi) is 8.66.